The zero-order valence-corrected chi connectivity index (χ0v) is 11.4. The van der Waals surface area contributed by atoms with Crippen molar-refractivity contribution in [3.05, 3.63) is 17.5 Å². The van der Waals surface area contributed by atoms with Crippen LogP contribution < -0.4 is 5.32 Å². The summed E-state index contributed by atoms with van der Waals surface area (Å²) in [6.45, 7) is 8.72. The van der Waals surface area contributed by atoms with Crippen LogP contribution in [0.5, 0.6) is 0 Å². The summed E-state index contributed by atoms with van der Waals surface area (Å²) in [7, 11) is 0. The van der Waals surface area contributed by atoms with Crippen molar-refractivity contribution >= 4 is 0 Å². The predicted molar refractivity (Wildman–Crippen MR) is 71.1 cm³/mol. The number of aryl methyl sites for hydroxylation is 2. The highest BCUT2D eigenvalue weighted by atomic mass is 15.3. The first-order chi connectivity index (χ1) is 8.22. The first-order valence-corrected chi connectivity index (χ1v) is 6.99. The molecule has 2 atom stereocenters. The molecule has 2 unspecified atom stereocenters. The van der Waals surface area contributed by atoms with Crippen LogP contribution in [-0.4, -0.2) is 22.4 Å². The van der Waals surface area contributed by atoms with Crippen LogP contribution in [0.3, 0.4) is 0 Å². The molecule has 96 valence electrons. The third-order valence-corrected chi connectivity index (χ3v) is 3.92. The lowest BCUT2D eigenvalue weighted by Crippen LogP contribution is -2.39. The van der Waals surface area contributed by atoms with Crippen molar-refractivity contribution in [2.45, 2.75) is 59.0 Å². The Bertz CT molecular complexity index is 356. The van der Waals surface area contributed by atoms with Crippen LogP contribution in [0.4, 0.5) is 0 Å². The first kappa shape index (κ1) is 12.6. The molecule has 0 saturated carbocycles. The number of hydrogen-bond donors (Lipinski definition) is 1. The van der Waals surface area contributed by atoms with Crippen molar-refractivity contribution in [1.82, 2.24) is 15.1 Å². The normalized spacial score (nSPS) is 25.1. The number of piperidine rings is 1. The third kappa shape index (κ3) is 3.09. The zero-order valence-electron chi connectivity index (χ0n) is 11.4. The maximum absolute atomic E-state index is 4.52. The zero-order chi connectivity index (χ0) is 12.3. The molecule has 1 fully saturated rings. The van der Waals surface area contributed by atoms with Crippen molar-refractivity contribution < 1.29 is 0 Å². The van der Waals surface area contributed by atoms with E-state index in [9.17, 15) is 0 Å². The monoisotopic (exact) mass is 235 g/mol. The van der Waals surface area contributed by atoms with E-state index in [1.54, 1.807) is 0 Å². The molecule has 1 aliphatic rings. The molecule has 1 N–H and O–H groups in total. The van der Waals surface area contributed by atoms with E-state index in [2.05, 4.69) is 41.9 Å². The minimum Gasteiger partial charge on any atom is -0.314 e. The Morgan fingerprint density at radius 3 is 3.00 bits per heavy atom. The fraction of sp³-hybridized carbons (Fsp3) is 0.786. The molecule has 17 heavy (non-hydrogen) atoms. The van der Waals surface area contributed by atoms with Crippen molar-refractivity contribution in [3.63, 3.8) is 0 Å². The smallest absolute Gasteiger partial charge is 0.0596 e. The topological polar surface area (TPSA) is 29.9 Å². The average molecular weight is 235 g/mol. The number of rotatable bonds is 4. The summed E-state index contributed by atoms with van der Waals surface area (Å²) in [4.78, 5) is 0. The summed E-state index contributed by atoms with van der Waals surface area (Å²) in [5, 5.41) is 8.17. The van der Waals surface area contributed by atoms with E-state index in [4.69, 9.17) is 0 Å². The molecule has 3 nitrogen and oxygen atoms in total. The summed E-state index contributed by atoms with van der Waals surface area (Å²) in [5.74, 6) is 0.917. The molecule has 2 rings (SSSR count). The Hall–Kier alpha value is -0.830. The van der Waals surface area contributed by atoms with Crippen molar-refractivity contribution in [1.29, 1.82) is 0 Å². The Labute approximate surface area is 105 Å². The SMILES string of the molecule is CCC1CCNC(Cc2cc(C)nn2CC)C1. The highest BCUT2D eigenvalue weighted by Crippen LogP contribution is 2.21. The summed E-state index contributed by atoms with van der Waals surface area (Å²) >= 11 is 0. The van der Waals surface area contributed by atoms with E-state index < -0.39 is 0 Å². The Morgan fingerprint density at radius 2 is 2.29 bits per heavy atom. The molecule has 1 aromatic rings. The molecule has 0 bridgehead atoms. The molecule has 3 heteroatoms. The van der Waals surface area contributed by atoms with Gasteiger partial charge in [0.05, 0.1) is 5.69 Å². The first-order valence-electron chi connectivity index (χ1n) is 6.99. The molecule has 0 amide bonds. The van der Waals surface area contributed by atoms with Crippen LogP contribution in [0, 0.1) is 12.8 Å². The van der Waals surface area contributed by atoms with Gasteiger partial charge in [-0.3, -0.25) is 4.68 Å². The van der Waals surface area contributed by atoms with Gasteiger partial charge in [-0.25, -0.2) is 0 Å². The minimum atomic E-state index is 0.648. The number of hydrogen-bond acceptors (Lipinski definition) is 2. The summed E-state index contributed by atoms with van der Waals surface area (Å²) in [6, 6.07) is 2.89. The number of aromatic nitrogens is 2. The van der Waals surface area contributed by atoms with Gasteiger partial charge in [-0.15, -0.1) is 0 Å². The molecule has 0 radical (unpaired) electrons. The van der Waals surface area contributed by atoms with Crippen LogP contribution in [0.2, 0.25) is 0 Å². The van der Waals surface area contributed by atoms with Crippen LogP contribution in [0.25, 0.3) is 0 Å². The molecule has 0 spiro atoms. The standard InChI is InChI=1S/C14H25N3/c1-4-12-6-7-15-13(9-12)10-14-8-11(3)16-17(14)5-2/h8,12-13,15H,4-7,9-10H2,1-3H3. The van der Waals surface area contributed by atoms with E-state index in [-0.39, 0.29) is 0 Å². The molecular weight excluding hydrogens is 210 g/mol. The van der Waals surface area contributed by atoms with Crippen molar-refractivity contribution in [2.24, 2.45) is 5.92 Å². The Kier molecular flexibility index (Phi) is 4.21. The number of nitrogens with zero attached hydrogens (tertiary/aromatic N) is 2. The van der Waals surface area contributed by atoms with Gasteiger partial charge in [-0.2, -0.15) is 5.10 Å². The molecule has 1 aromatic heterocycles. The van der Waals surface area contributed by atoms with Crippen LogP contribution in [0.15, 0.2) is 6.07 Å². The minimum absolute atomic E-state index is 0.648. The molecule has 2 heterocycles. The van der Waals surface area contributed by atoms with Gasteiger partial charge in [-0.1, -0.05) is 13.3 Å². The van der Waals surface area contributed by atoms with Gasteiger partial charge in [0, 0.05) is 24.7 Å². The van der Waals surface area contributed by atoms with Crippen LogP contribution in [-0.2, 0) is 13.0 Å². The van der Waals surface area contributed by atoms with Gasteiger partial charge in [0.1, 0.15) is 0 Å². The van der Waals surface area contributed by atoms with Gasteiger partial charge < -0.3 is 5.32 Å². The summed E-state index contributed by atoms with van der Waals surface area (Å²) in [6.07, 6.45) is 5.12. The van der Waals surface area contributed by atoms with E-state index in [0.29, 0.717) is 6.04 Å². The third-order valence-electron chi connectivity index (χ3n) is 3.92. The highest BCUT2D eigenvalue weighted by molar-refractivity contribution is 5.10. The maximum atomic E-state index is 4.52. The van der Waals surface area contributed by atoms with Gasteiger partial charge in [-0.05, 0) is 45.2 Å². The predicted octanol–water partition coefficient (Wildman–Crippen LogP) is 2.53. The molecule has 0 aliphatic carbocycles. The highest BCUT2D eigenvalue weighted by Gasteiger charge is 2.21. The fourth-order valence-corrected chi connectivity index (χ4v) is 2.91. The fourth-order valence-electron chi connectivity index (χ4n) is 2.91. The maximum Gasteiger partial charge on any atom is 0.0596 e. The summed E-state index contributed by atoms with van der Waals surface area (Å²) < 4.78 is 2.15. The quantitative estimate of drug-likeness (QED) is 0.869. The van der Waals surface area contributed by atoms with Gasteiger partial charge in [0.2, 0.25) is 0 Å². The summed E-state index contributed by atoms with van der Waals surface area (Å²) in [5.41, 5.74) is 2.53. The van der Waals surface area contributed by atoms with Gasteiger partial charge in [0.25, 0.3) is 0 Å². The molecule has 0 aromatic carbocycles. The molecule has 1 saturated heterocycles. The second kappa shape index (κ2) is 5.67. The van der Waals surface area contributed by atoms with Crippen LogP contribution >= 0.6 is 0 Å². The second-order valence-electron chi connectivity index (χ2n) is 5.25. The van der Waals surface area contributed by atoms with E-state index in [1.165, 1.54) is 31.5 Å². The number of nitrogens with one attached hydrogen (secondary N) is 1. The second-order valence-corrected chi connectivity index (χ2v) is 5.25. The lowest BCUT2D eigenvalue weighted by Gasteiger charge is -2.29. The lowest BCUT2D eigenvalue weighted by molar-refractivity contribution is 0.291. The molecular formula is C14H25N3. The van der Waals surface area contributed by atoms with Crippen molar-refractivity contribution in [2.75, 3.05) is 6.54 Å². The van der Waals surface area contributed by atoms with E-state index in [0.717, 1.165) is 24.6 Å². The van der Waals surface area contributed by atoms with E-state index >= 15 is 0 Å². The van der Waals surface area contributed by atoms with Crippen molar-refractivity contribution in [3.8, 4) is 0 Å². The van der Waals surface area contributed by atoms with Gasteiger partial charge in [0.15, 0.2) is 0 Å². The molecule has 1 aliphatic heterocycles. The largest absolute Gasteiger partial charge is 0.314 e. The van der Waals surface area contributed by atoms with Gasteiger partial charge >= 0.3 is 0 Å². The van der Waals surface area contributed by atoms with E-state index in [1.807, 2.05) is 0 Å². The lowest BCUT2D eigenvalue weighted by atomic mass is 9.88. The van der Waals surface area contributed by atoms with Crippen LogP contribution in [0.1, 0.15) is 44.5 Å². The Morgan fingerprint density at radius 1 is 1.47 bits per heavy atom. The Balaban J connectivity index is 1.99. The average Bonchev–Trinajstić information content (AvgIpc) is 2.69.